The number of benzene rings is 1. The molecular formula is C12H15NO3. The Morgan fingerprint density at radius 2 is 2.00 bits per heavy atom. The molecule has 4 nitrogen and oxygen atoms in total. The predicted molar refractivity (Wildman–Crippen MR) is 60.3 cm³/mol. The van der Waals surface area contributed by atoms with Crippen LogP contribution in [0.4, 0.5) is 5.69 Å². The Kier molecular flexibility index (Phi) is 3.41. The number of hydrogen-bond acceptors (Lipinski definition) is 3. The molecule has 0 aromatic heterocycles. The minimum atomic E-state index is -0.0372. The zero-order chi connectivity index (χ0) is 11.4. The van der Waals surface area contributed by atoms with Crippen molar-refractivity contribution in [2.24, 2.45) is 5.92 Å². The molecule has 1 aromatic rings. The molecule has 1 heterocycles. The van der Waals surface area contributed by atoms with Crippen molar-refractivity contribution in [2.75, 3.05) is 18.5 Å². The fraction of sp³-hybridized carbons (Fsp3) is 0.417. The van der Waals surface area contributed by atoms with E-state index >= 15 is 0 Å². The average Bonchev–Trinajstić information content (AvgIpc) is 2.33. The molecule has 86 valence electrons. The quantitative estimate of drug-likeness (QED) is 0.748. The summed E-state index contributed by atoms with van der Waals surface area (Å²) in [5, 5.41) is 12.3. The number of anilines is 1. The SMILES string of the molecule is O=C(Nc1ccccc1O)C1CCOCC1. The second kappa shape index (κ2) is 4.99. The Hall–Kier alpha value is -1.55. The van der Waals surface area contributed by atoms with Crippen LogP contribution >= 0.6 is 0 Å². The monoisotopic (exact) mass is 221 g/mol. The molecule has 16 heavy (non-hydrogen) atoms. The van der Waals surface area contributed by atoms with Crippen molar-refractivity contribution in [3.8, 4) is 5.75 Å². The standard InChI is InChI=1S/C12H15NO3/c14-11-4-2-1-3-10(11)13-12(15)9-5-7-16-8-6-9/h1-4,9,14H,5-8H2,(H,13,15). The molecule has 0 bridgehead atoms. The molecule has 0 spiro atoms. The third-order valence-corrected chi connectivity index (χ3v) is 2.75. The average molecular weight is 221 g/mol. The topological polar surface area (TPSA) is 58.6 Å². The maximum absolute atomic E-state index is 11.8. The van der Waals surface area contributed by atoms with Gasteiger partial charge in [-0.1, -0.05) is 12.1 Å². The maximum Gasteiger partial charge on any atom is 0.227 e. The molecule has 0 saturated carbocycles. The van der Waals surface area contributed by atoms with Gasteiger partial charge >= 0.3 is 0 Å². The fourth-order valence-electron chi connectivity index (χ4n) is 1.77. The summed E-state index contributed by atoms with van der Waals surface area (Å²) in [5.41, 5.74) is 0.471. The molecule has 1 saturated heterocycles. The molecule has 1 aromatic carbocycles. The predicted octanol–water partition coefficient (Wildman–Crippen LogP) is 1.76. The van der Waals surface area contributed by atoms with E-state index in [2.05, 4.69) is 5.32 Å². The van der Waals surface area contributed by atoms with E-state index in [-0.39, 0.29) is 17.6 Å². The molecule has 0 atom stereocenters. The molecule has 0 radical (unpaired) electrons. The van der Waals surface area contributed by atoms with Gasteiger partial charge in [-0.3, -0.25) is 4.79 Å². The number of rotatable bonds is 2. The van der Waals surface area contributed by atoms with Crippen LogP contribution in [0.1, 0.15) is 12.8 Å². The van der Waals surface area contributed by atoms with E-state index in [4.69, 9.17) is 4.74 Å². The van der Waals surface area contributed by atoms with E-state index in [9.17, 15) is 9.90 Å². The fourth-order valence-corrected chi connectivity index (χ4v) is 1.77. The lowest BCUT2D eigenvalue weighted by Gasteiger charge is -2.21. The number of amides is 1. The highest BCUT2D eigenvalue weighted by molar-refractivity contribution is 5.93. The van der Waals surface area contributed by atoms with Crippen LogP contribution in [0.2, 0.25) is 0 Å². The zero-order valence-corrected chi connectivity index (χ0v) is 8.98. The van der Waals surface area contributed by atoms with E-state index in [1.807, 2.05) is 0 Å². The minimum absolute atomic E-state index is 0.00615. The van der Waals surface area contributed by atoms with Gasteiger partial charge < -0.3 is 15.2 Å². The number of ether oxygens (including phenoxy) is 1. The summed E-state index contributed by atoms with van der Waals surface area (Å²) in [6.45, 7) is 1.28. The van der Waals surface area contributed by atoms with Crippen molar-refractivity contribution >= 4 is 11.6 Å². The van der Waals surface area contributed by atoms with Crippen molar-refractivity contribution in [2.45, 2.75) is 12.8 Å². The lowest BCUT2D eigenvalue weighted by molar-refractivity contribution is -0.122. The number of carbonyl (C=O) groups is 1. The van der Waals surface area contributed by atoms with Crippen LogP contribution in [0.15, 0.2) is 24.3 Å². The second-order valence-corrected chi connectivity index (χ2v) is 3.89. The first-order chi connectivity index (χ1) is 7.77. The van der Waals surface area contributed by atoms with Crippen LogP contribution < -0.4 is 5.32 Å². The van der Waals surface area contributed by atoms with Gasteiger partial charge in [-0.25, -0.2) is 0 Å². The van der Waals surface area contributed by atoms with Gasteiger partial charge in [-0.05, 0) is 25.0 Å². The third-order valence-electron chi connectivity index (χ3n) is 2.75. The Balaban J connectivity index is 1.99. The summed E-state index contributed by atoms with van der Waals surface area (Å²) in [5.74, 6) is 0.0565. The lowest BCUT2D eigenvalue weighted by atomic mass is 9.99. The number of nitrogens with one attached hydrogen (secondary N) is 1. The molecule has 2 rings (SSSR count). The Morgan fingerprint density at radius 3 is 2.69 bits per heavy atom. The largest absolute Gasteiger partial charge is 0.506 e. The highest BCUT2D eigenvalue weighted by Gasteiger charge is 2.21. The number of carbonyl (C=O) groups excluding carboxylic acids is 1. The molecule has 0 aliphatic carbocycles. The Morgan fingerprint density at radius 1 is 1.31 bits per heavy atom. The van der Waals surface area contributed by atoms with Crippen molar-refractivity contribution in [1.29, 1.82) is 0 Å². The normalized spacial score (nSPS) is 17.0. The molecule has 1 amide bonds. The number of phenolic OH excluding ortho intramolecular Hbond substituents is 1. The molecule has 2 N–H and O–H groups in total. The summed E-state index contributed by atoms with van der Waals surface area (Å²) < 4.78 is 5.19. The summed E-state index contributed by atoms with van der Waals surface area (Å²) >= 11 is 0. The smallest absolute Gasteiger partial charge is 0.227 e. The van der Waals surface area contributed by atoms with Crippen LogP contribution in [-0.2, 0) is 9.53 Å². The van der Waals surface area contributed by atoms with Gasteiger partial charge in [0, 0.05) is 19.1 Å². The first-order valence-electron chi connectivity index (χ1n) is 5.44. The van der Waals surface area contributed by atoms with E-state index in [0.29, 0.717) is 18.9 Å². The number of aromatic hydroxyl groups is 1. The first kappa shape index (κ1) is 11.0. The van der Waals surface area contributed by atoms with E-state index in [0.717, 1.165) is 12.8 Å². The van der Waals surface area contributed by atoms with Gasteiger partial charge in [0.15, 0.2) is 0 Å². The van der Waals surface area contributed by atoms with Gasteiger partial charge in [0.1, 0.15) is 5.75 Å². The van der Waals surface area contributed by atoms with Crippen LogP contribution in [0.3, 0.4) is 0 Å². The van der Waals surface area contributed by atoms with Crippen LogP contribution in [-0.4, -0.2) is 24.2 Å². The van der Waals surface area contributed by atoms with E-state index in [1.54, 1.807) is 24.3 Å². The second-order valence-electron chi connectivity index (χ2n) is 3.89. The van der Waals surface area contributed by atoms with Crippen molar-refractivity contribution < 1.29 is 14.6 Å². The molecule has 1 aliphatic heterocycles. The van der Waals surface area contributed by atoms with Gasteiger partial charge in [-0.2, -0.15) is 0 Å². The number of phenols is 1. The van der Waals surface area contributed by atoms with Gasteiger partial charge in [0.05, 0.1) is 5.69 Å². The lowest BCUT2D eigenvalue weighted by Crippen LogP contribution is -2.28. The minimum Gasteiger partial charge on any atom is -0.506 e. The van der Waals surface area contributed by atoms with Gasteiger partial charge in [0.2, 0.25) is 5.91 Å². The highest BCUT2D eigenvalue weighted by atomic mass is 16.5. The molecule has 0 unspecified atom stereocenters. The van der Waals surface area contributed by atoms with Crippen molar-refractivity contribution in [3.05, 3.63) is 24.3 Å². The Bertz CT molecular complexity index is 372. The van der Waals surface area contributed by atoms with Crippen molar-refractivity contribution in [3.63, 3.8) is 0 Å². The van der Waals surface area contributed by atoms with Crippen LogP contribution in [0, 0.1) is 5.92 Å². The maximum atomic E-state index is 11.8. The molecule has 1 fully saturated rings. The Labute approximate surface area is 94.2 Å². The summed E-state index contributed by atoms with van der Waals surface area (Å²) in [6, 6.07) is 6.74. The van der Waals surface area contributed by atoms with Crippen LogP contribution in [0.5, 0.6) is 5.75 Å². The third kappa shape index (κ3) is 2.52. The molecule has 4 heteroatoms. The van der Waals surface area contributed by atoms with Crippen LogP contribution in [0.25, 0.3) is 0 Å². The van der Waals surface area contributed by atoms with E-state index < -0.39 is 0 Å². The number of hydrogen-bond donors (Lipinski definition) is 2. The van der Waals surface area contributed by atoms with Gasteiger partial charge in [-0.15, -0.1) is 0 Å². The summed E-state index contributed by atoms with van der Waals surface area (Å²) in [4.78, 5) is 11.8. The molecular weight excluding hydrogens is 206 g/mol. The summed E-state index contributed by atoms with van der Waals surface area (Å²) in [7, 11) is 0. The highest BCUT2D eigenvalue weighted by Crippen LogP contribution is 2.24. The molecule has 1 aliphatic rings. The van der Waals surface area contributed by atoms with E-state index in [1.165, 1.54) is 0 Å². The van der Waals surface area contributed by atoms with Gasteiger partial charge in [0.25, 0.3) is 0 Å². The zero-order valence-electron chi connectivity index (χ0n) is 8.98. The summed E-state index contributed by atoms with van der Waals surface area (Å²) in [6.07, 6.45) is 1.50. The first-order valence-corrected chi connectivity index (χ1v) is 5.44. The van der Waals surface area contributed by atoms with Crippen molar-refractivity contribution in [1.82, 2.24) is 0 Å². The number of para-hydroxylation sites is 2.